The predicted molar refractivity (Wildman–Crippen MR) is 60.3 cm³/mol. The molecule has 0 aromatic carbocycles. The number of hydrogen-bond acceptors (Lipinski definition) is 5. The molecule has 1 rings (SSSR count). The lowest BCUT2D eigenvalue weighted by Gasteiger charge is -1.99. The van der Waals surface area contributed by atoms with Crippen molar-refractivity contribution in [2.45, 2.75) is 26.2 Å². The van der Waals surface area contributed by atoms with Gasteiger partial charge in [0.2, 0.25) is 5.13 Å². The minimum Gasteiger partial charge on any atom is -0.481 e. The molecular formula is C9H13N3O2S. The van der Waals surface area contributed by atoms with E-state index >= 15 is 0 Å². The third-order valence-electron chi connectivity index (χ3n) is 1.70. The van der Waals surface area contributed by atoms with Crippen molar-refractivity contribution in [1.82, 2.24) is 4.98 Å². The Kier molecular flexibility index (Phi) is 4.76. The lowest BCUT2D eigenvalue weighted by atomic mass is 10.2. The number of hydrogen-bond donors (Lipinski definition) is 2. The fraction of sp³-hybridized carbons (Fsp3) is 0.444. The highest BCUT2D eigenvalue weighted by Gasteiger charge is 1.98. The summed E-state index contributed by atoms with van der Waals surface area (Å²) in [5, 5.41) is 15.1. The van der Waals surface area contributed by atoms with Gasteiger partial charge in [-0.25, -0.2) is 4.98 Å². The standard InChI is InChI=1S/C9H13N3O2S/c1-7(3-2-4-8(13)14)11-12-9-10-5-6-15-9/h5-6H,2-4H2,1H3,(H,10,12)(H,13,14). The van der Waals surface area contributed by atoms with Gasteiger partial charge in [-0.2, -0.15) is 5.10 Å². The van der Waals surface area contributed by atoms with Gasteiger partial charge in [0.25, 0.3) is 0 Å². The molecule has 0 atom stereocenters. The molecule has 0 aliphatic carbocycles. The normalized spacial score (nSPS) is 11.4. The van der Waals surface area contributed by atoms with Gasteiger partial charge in [-0.05, 0) is 19.8 Å². The summed E-state index contributed by atoms with van der Waals surface area (Å²) in [6.07, 6.45) is 3.18. The first-order chi connectivity index (χ1) is 7.18. The molecule has 0 saturated heterocycles. The summed E-state index contributed by atoms with van der Waals surface area (Å²) in [7, 11) is 0. The molecule has 1 aromatic heterocycles. The minimum absolute atomic E-state index is 0.185. The SMILES string of the molecule is CC(CCCC(=O)O)=NNc1nccs1. The lowest BCUT2D eigenvalue weighted by Crippen LogP contribution is -2.00. The number of thiazole rings is 1. The molecule has 0 amide bonds. The van der Waals surface area contributed by atoms with E-state index in [4.69, 9.17) is 5.11 Å². The molecule has 2 N–H and O–H groups in total. The lowest BCUT2D eigenvalue weighted by molar-refractivity contribution is -0.137. The van der Waals surface area contributed by atoms with Gasteiger partial charge in [-0.15, -0.1) is 11.3 Å². The first-order valence-electron chi connectivity index (χ1n) is 4.59. The third-order valence-corrected chi connectivity index (χ3v) is 2.38. The quantitative estimate of drug-likeness (QED) is 0.577. The molecule has 5 nitrogen and oxygen atoms in total. The van der Waals surface area contributed by atoms with Gasteiger partial charge in [-0.1, -0.05) is 0 Å². The molecule has 0 saturated carbocycles. The van der Waals surface area contributed by atoms with Crippen molar-refractivity contribution in [3.05, 3.63) is 11.6 Å². The van der Waals surface area contributed by atoms with E-state index in [0.717, 1.165) is 10.8 Å². The highest BCUT2D eigenvalue weighted by molar-refractivity contribution is 7.13. The Morgan fingerprint density at radius 3 is 3.07 bits per heavy atom. The number of carboxylic acids is 1. The average molecular weight is 227 g/mol. The first-order valence-corrected chi connectivity index (χ1v) is 5.47. The van der Waals surface area contributed by atoms with E-state index < -0.39 is 5.97 Å². The van der Waals surface area contributed by atoms with Crippen molar-refractivity contribution in [3.8, 4) is 0 Å². The van der Waals surface area contributed by atoms with Crippen molar-refractivity contribution < 1.29 is 9.90 Å². The van der Waals surface area contributed by atoms with Gasteiger partial charge in [0.15, 0.2) is 0 Å². The van der Waals surface area contributed by atoms with Crippen LogP contribution in [0.4, 0.5) is 5.13 Å². The van der Waals surface area contributed by atoms with E-state index in [1.807, 2.05) is 12.3 Å². The van der Waals surface area contributed by atoms with Crippen molar-refractivity contribution >= 4 is 28.1 Å². The van der Waals surface area contributed by atoms with Gasteiger partial charge in [0, 0.05) is 23.7 Å². The summed E-state index contributed by atoms with van der Waals surface area (Å²) in [4.78, 5) is 14.3. The second-order valence-electron chi connectivity index (χ2n) is 3.04. The van der Waals surface area contributed by atoms with E-state index in [-0.39, 0.29) is 6.42 Å². The minimum atomic E-state index is -0.768. The average Bonchev–Trinajstić information content (AvgIpc) is 2.66. The van der Waals surface area contributed by atoms with Crippen LogP contribution in [0.5, 0.6) is 0 Å². The maximum atomic E-state index is 10.3. The molecule has 0 radical (unpaired) electrons. The van der Waals surface area contributed by atoms with Gasteiger partial charge in [-0.3, -0.25) is 10.2 Å². The Balaban J connectivity index is 2.24. The zero-order chi connectivity index (χ0) is 11.1. The van der Waals surface area contributed by atoms with Crippen LogP contribution in [0.2, 0.25) is 0 Å². The fourth-order valence-corrected chi connectivity index (χ4v) is 1.44. The molecule has 0 aliphatic rings. The largest absolute Gasteiger partial charge is 0.481 e. The number of aliphatic carboxylic acids is 1. The first kappa shape index (κ1) is 11.6. The second-order valence-corrected chi connectivity index (χ2v) is 3.94. The van der Waals surface area contributed by atoms with Crippen LogP contribution in [0.25, 0.3) is 0 Å². The predicted octanol–water partition coefficient (Wildman–Crippen LogP) is 2.19. The zero-order valence-electron chi connectivity index (χ0n) is 8.43. The monoisotopic (exact) mass is 227 g/mol. The van der Waals surface area contributed by atoms with Crippen LogP contribution >= 0.6 is 11.3 Å². The Labute approximate surface area is 91.9 Å². The number of rotatable bonds is 6. The van der Waals surface area contributed by atoms with Crippen LogP contribution in [-0.2, 0) is 4.79 Å². The Morgan fingerprint density at radius 1 is 1.67 bits per heavy atom. The van der Waals surface area contributed by atoms with E-state index in [1.165, 1.54) is 11.3 Å². The van der Waals surface area contributed by atoms with E-state index in [0.29, 0.717) is 12.8 Å². The van der Waals surface area contributed by atoms with E-state index in [1.54, 1.807) is 6.20 Å². The van der Waals surface area contributed by atoms with Crippen molar-refractivity contribution in [2.24, 2.45) is 5.10 Å². The van der Waals surface area contributed by atoms with Crippen LogP contribution in [0.1, 0.15) is 26.2 Å². The number of aromatic nitrogens is 1. The molecule has 0 fully saturated rings. The Bertz CT molecular complexity index is 335. The summed E-state index contributed by atoms with van der Waals surface area (Å²) in [5.41, 5.74) is 3.69. The summed E-state index contributed by atoms with van der Waals surface area (Å²) < 4.78 is 0. The van der Waals surface area contributed by atoms with Crippen molar-refractivity contribution in [1.29, 1.82) is 0 Å². The molecule has 0 spiro atoms. The second kappa shape index (κ2) is 6.13. The third kappa shape index (κ3) is 5.11. The van der Waals surface area contributed by atoms with Crippen molar-refractivity contribution in [2.75, 3.05) is 5.43 Å². The summed E-state index contributed by atoms with van der Waals surface area (Å²) >= 11 is 1.47. The van der Waals surface area contributed by atoms with E-state index in [2.05, 4.69) is 15.5 Å². The molecule has 1 aromatic rings. The number of nitrogens with zero attached hydrogens (tertiary/aromatic N) is 2. The van der Waals surface area contributed by atoms with Crippen LogP contribution in [0, 0.1) is 0 Å². The molecule has 0 unspecified atom stereocenters. The van der Waals surface area contributed by atoms with Gasteiger partial charge in [0.1, 0.15) is 0 Å². The van der Waals surface area contributed by atoms with Crippen molar-refractivity contribution in [3.63, 3.8) is 0 Å². The zero-order valence-corrected chi connectivity index (χ0v) is 9.25. The van der Waals surface area contributed by atoms with E-state index in [9.17, 15) is 4.79 Å². The summed E-state index contributed by atoms with van der Waals surface area (Å²) in [6.45, 7) is 1.86. The summed E-state index contributed by atoms with van der Waals surface area (Å²) in [5.74, 6) is -0.768. The fourth-order valence-electron chi connectivity index (χ4n) is 0.973. The maximum Gasteiger partial charge on any atom is 0.303 e. The number of carbonyl (C=O) groups is 1. The smallest absolute Gasteiger partial charge is 0.303 e. The molecule has 0 aliphatic heterocycles. The number of nitrogens with one attached hydrogen (secondary N) is 1. The molecule has 15 heavy (non-hydrogen) atoms. The van der Waals surface area contributed by atoms with Gasteiger partial charge >= 0.3 is 5.97 Å². The Hall–Kier alpha value is -1.43. The Morgan fingerprint density at radius 2 is 2.47 bits per heavy atom. The summed E-state index contributed by atoms with van der Waals surface area (Å²) in [6, 6.07) is 0. The van der Waals surface area contributed by atoms with Crippen LogP contribution in [0.3, 0.4) is 0 Å². The number of carboxylic acid groups (broad SMARTS) is 1. The van der Waals surface area contributed by atoms with Gasteiger partial charge in [0.05, 0.1) is 0 Å². The topological polar surface area (TPSA) is 74.6 Å². The highest BCUT2D eigenvalue weighted by atomic mass is 32.1. The van der Waals surface area contributed by atoms with Crippen LogP contribution in [0.15, 0.2) is 16.7 Å². The molecular weight excluding hydrogens is 214 g/mol. The van der Waals surface area contributed by atoms with Gasteiger partial charge < -0.3 is 5.11 Å². The number of anilines is 1. The molecule has 82 valence electrons. The highest BCUT2D eigenvalue weighted by Crippen LogP contribution is 2.10. The molecule has 6 heteroatoms. The molecule has 0 bridgehead atoms. The van der Waals surface area contributed by atoms with Crippen LogP contribution < -0.4 is 5.43 Å². The maximum absolute atomic E-state index is 10.3. The number of hydrazone groups is 1. The van der Waals surface area contributed by atoms with Crippen LogP contribution in [-0.4, -0.2) is 21.8 Å². The molecule has 1 heterocycles.